The molecule has 3 N–H and O–H groups in total. The van der Waals surface area contributed by atoms with Crippen LogP contribution in [-0.4, -0.2) is 26.9 Å². The van der Waals surface area contributed by atoms with E-state index in [1.54, 1.807) is 0 Å². The van der Waals surface area contributed by atoms with Gasteiger partial charge >= 0.3 is 0 Å². The maximum Gasteiger partial charge on any atom is 0.116 e. The van der Waals surface area contributed by atoms with E-state index in [4.69, 9.17) is 4.79 Å². The van der Waals surface area contributed by atoms with E-state index in [-0.39, 0.29) is 7.43 Å². The molecule has 0 aliphatic rings. The molecule has 0 aliphatic heterocycles. The van der Waals surface area contributed by atoms with Gasteiger partial charge in [0.05, 0.1) is 0 Å². The van der Waals surface area contributed by atoms with Crippen molar-refractivity contribution in [1.82, 2.24) is 5.32 Å². The minimum atomic E-state index is 0. The first-order valence-corrected chi connectivity index (χ1v) is 2.95. The smallest absolute Gasteiger partial charge is 0.116 e. The lowest BCUT2D eigenvalue weighted by Crippen LogP contribution is -2.01. The van der Waals surface area contributed by atoms with Gasteiger partial charge in [0, 0.05) is 0 Å². The zero-order valence-electron chi connectivity index (χ0n) is 6.77. The van der Waals surface area contributed by atoms with Crippen molar-refractivity contribution >= 4 is 6.29 Å². The molecule has 0 aromatic heterocycles. The van der Waals surface area contributed by atoms with Gasteiger partial charge in [0.1, 0.15) is 6.29 Å². The van der Waals surface area contributed by atoms with E-state index < -0.39 is 0 Å². The minimum absolute atomic E-state index is 0. The zero-order chi connectivity index (χ0) is 8.12. The van der Waals surface area contributed by atoms with E-state index in [0.717, 1.165) is 12.8 Å². The summed E-state index contributed by atoms with van der Waals surface area (Å²) in [5.74, 6) is 0. The predicted molar refractivity (Wildman–Crippen MR) is 48.2 cm³/mol. The molecule has 0 spiro atoms. The Morgan fingerprint density at radius 1 is 1.50 bits per heavy atom. The van der Waals surface area contributed by atoms with E-state index in [9.17, 15) is 0 Å². The highest BCUT2D eigenvalue weighted by Gasteiger charge is 1.50. The van der Waals surface area contributed by atoms with Crippen LogP contribution in [0.3, 0.4) is 0 Å². The molecule has 0 amide bonds. The van der Waals surface area contributed by atoms with Gasteiger partial charge < -0.3 is 15.8 Å². The predicted octanol–water partition coefficient (Wildman–Crippen LogP) is 0.642. The highest BCUT2D eigenvalue weighted by atomic mass is 16.1. The number of rotatable bonds is 1. The second-order valence-electron chi connectivity index (χ2n) is 0.943. The van der Waals surface area contributed by atoms with E-state index in [2.05, 4.69) is 18.0 Å². The second kappa shape index (κ2) is 73.8. The Labute approximate surface area is 65.0 Å². The fourth-order valence-electron chi connectivity index (χ4n) is 0. The quantitative estimate of drug-likeness (QED) is 0.539. The molecular weight excluding hydrogens is 128 g/mol. The van der Waals surface area contributed by atoms with Crippen LogP contribution in [-0.2, 0) is 4.79 Å². The molecule has 0 aliphatic carbocycles. The third-order valence-corrected chi connectivity index (χ3v) is 0.354. The minimum Gasteiger partial charge on any atom is -0.333 e. The molecule has 0 aromatic rings. The fourth-order valence-corrected chi connectivity index (χ4v) is 0. The first-order chi connectivity index (χ1) is 4.33. The molecule has 0 bridgehead atoms. The fraction of sp³-hybridized carbons (Fsp3) is 0.857. The molecule has 0 rings (SSSR count). The van der Waals surface area contributed by atoms with Crippen molar-refractivity contribution < 1.29 is 4.79 Å². The lowest BCUT2D eigenvalue weighted by molar-refractivity contribution is -0.106. The first-order valence-electron chi connectivity index (χ1n) is 2.95. The Kier molecular flexibility index (Phi) is 167. The number of hydrogen-bond donors (Lipinski definition) is 2. The zero-order valence-corrected chi connectivity index (χ0v) is 6.77. The monoisotopic (exact) mass is 150 g/mol. The molecule has 66 valence electrons. The van der Waals surface area contributed by atoms with Crippen LogP contribution in [0.4, 0.5) is 0 Å². The topological polar surface area (TPSA) is 55.1 Å². The molecule has 0 radical (unpaired) electrons. The van der Waals surface area contributed by atoms with Crippen molar-refractivity contribution in [2.24, 2.45) is 5.73 Å². The molecule has 0 saturated carbocycles. The summed E-state index contributed by atoms with van der Waals surface area (Å²) >= 11 is 0. The van der Waals surface area contributed by atoms with Crippen LogP contribution in [0.1, 0.15) is 21.3 Å². The van der Waals surface area contributed by atoms with Crippen molar-refractivity contribution in [2.75, 3.05) is 20.6 Å². The molecular formula is C7H22N2O. The van der Waals surface area contributed by atoms with Crippen LogP contribution in [0, 0.1) is 0 Å². The van der Waals surface area contributed by atoms with Crippen LogP contribution in [0.25, 0.3) is 0 Å². The summed E-state index contributed by atoms with van der Waals surface area (Å²) < 4.78 is 0. The van der Waals surface area contributed by atoms with Crippen molar-refractivity contribution in [3.05, 3.63) is 0 Å². The summed E-state index contributed by atoms with van der Waals surface area (Å²) in [6, 6.07) is 0. The van der Waals surface area contributed by atoms with Gasteiger partial charge in [-0.2, -0.15) is 0 Å². The molecule has 3 nitrogen and oxygen atoms in total. The van der Waals surface area contributed by atoms with Crippen LogP contribution >= 0.6 is 0 Å². The first kappa shape index (κ1) is 22.6. The third kappa shape index (κ3) is 947. The van der Waals surface area contributed by atoms with Gasteiger partial charge in [-0.3, -0.25) is 0 Å². The Morgan fingerprint density at radius 3 is 1.60 bits per heavy atom. The van der Waals surface area contributed by atoms with Crippen LogP contribution in [0.2, 0.25) is 0 Å². The Balaban J connectivity index is -0.0000000273. The van der Waals surface area contributed by atoms with Crippen molar-refractivity contribution in [2.45, 2.75) is 21.3 Å². The van der Waals surface area contributed by atoms with Crippen LogP contribution in [0.5, 0.6) is 0 Å². The summed E-state index contributed by atoms with van der Waals surface area (Å²) in [7, 11) is 3.43. The Morgan fingerprint density at radius 2 is 1.60 bits per heavy atom. The average Bonchev–Trinajstić information content (AvgIpc) is 1.94. The summed E-state index contributed by atoms with van der Waals surface area (Å²) in [4.78, 5) is 8.81. The van der Waals surface area contributed by atoms with Gasteiger partial charge in [-0.05, 0) is 27.6 Å². The molecule has 0 fully saturated rings. The van der Waals surface area contributed by atoms with Gasteiger partial charge in [0.15, 0.2) is 0 Å². The number of aldehydes is 1. The Bertz CT molecular complexity index is 30.8. The molecule has 0 aromatic carbocycles. The summed E-state index contributed by atoms with van der Waals surface area (Å²) in [6.07, 6.45) is 0.750. The summed E-state index contributed by atoms with van der Waals surface area (Å²) in [5.41, 5.74) is 4.50. The van der Waals surface area contributed by atoms with E-state index in [0.29, 0.717) is 0 Å². The van der Waals surface area contributed by atoms with Crippen LogP contribution in [0.15, 0.2) is 0 Å². The van der Waals surface area contributed by atoms with Crippen molar-refractivity contribution in [3.8, 4) is 0 Å². The number of nitrogens with two attached hydrogens (primary N) is 1. The number of hydrogen-bond acceptors (Lipinski definition) is 3. The maximum atomic E-state index is 8.81. The molecule has 0 atom stereocenters. The highest BCUT2D eigenvalue weighted by Crippen LogP contribution is 1.34. The molecule has 3 heteroatoms. The summed E-state index contributed by atoms with van der Waals surface area (Å²) in [6.45, 7) is 4.58. The molecule has 10 heavy (non-hydrogen) atoms. The standard InChI is InChI=1S/C3H9N.C2H4O.CH5N.CH4/c1-3-4-2;1-2-3;1-2;/h4H,3H2,1-2H3;2H,1H3;2H2,1H3;1H4. The van der Waals surface area contributed by atoms with Gasteiger partial charge in [-0.1, -0.05) is 14.4 Å². The average molecular weight is 150 g/mol. The summed E-state index contributed by atoms with van der Waals surface area (Å²) in [5, 5.41) is 2.93. The number of carbonyl (C=O) groups excluding carboxylic acids is 1. The van der Waals surface area contributed by atoms with Gasteiger partial charge in [0.25, 0.3) is 0 Å². The van der Waals surface area contributed by atoms with Gasteiger partial charge in [-0.15, -0.1) is 0 Å². The van der Waals surface area contributed by atoms with Crippen LogP contribution < -0.4 is 11.1 Å². The van der Waals surface area contributed by atoms with Crippen molar-refractivity contribution in [1.29, 1.82) is 0 Å². The van der Waals surface area contributed by atoms with E-state index in [1.807, 2.05) is 7.05 Å². The lowest BCUT2D eigenvalue weighted by atomic mass is 10.8. The largest absolute Gasteiger partial charge is 0.333 e. The van der Waals surface area contributed by atoms with Gasteiger partial charge in [-0.25, -0.2) is 0 Å². The highest BCUT2D eigenvalue weighted by molar-refractivity contribution is 5.44. The SMILES string of the molecule is C.CC=O.CCNC.CN. The van der Waals surface area contributed by atoms with E-state index >= 15 is 0 Å². The van der Waals surface area contributed by atoms with Crippen molar-refractivity contribution in [3.63, 3.8) is 0 Å². The normalized spacial score (nSPS) is 4.90. The second-order valence-corrected chi connectivity index (χ2v) is 0.943. The molecule has 0 heterocycles. The number of carbonyl (C=O) groups is 1. The number of nitrogens with one attached hydrogen (secondary N) is 1. The van der Waals surface area contributed by atoms with E-state index in [1.165, 1.54) is 14.0 Å². The third-order valence-electron chi connectivity index (χ3n) is 0.354. The Hall–Kier alpha value is -0.410. The lowest BCUT2D eigenvalue weighted by Gasteiger charge is -1.76. The molecule has 0 saturated heterocycles. The molecule has 0 unspecified atom stereocenters. The van der Waals surface area contributed by atoms with Gasteiger partial charge in [0.2, 0.25) is 0 Å². The maximum absolute atomic E-state index is 8.81.